The number of benzene rings is 2. The van der Waals surface area contributed by atoms with Gasteiger partial charge in [-0.15, -0.1) is 0 Å². The Morgan fingerprint density at radius 3 is 2.04 bits per heavy atom. The van der Waals surface area contributed by atoms with Gasteiger partial charge in [0.15, 0.2) is 0 Å². The Bertz CT molecular complexity index is 1030. The third-order valence-corrected chi connectivity index (χ3v) is 4.77. The number of halogens is 6. The van der Waals surface area contributed by atoms with Crippen LogP contribution in [0.3, 0.4) is 0 Å². The molecule has 0 atom stereocenters. The molecule has 0 aliphatic heterocycles. The first kappa shape index (κ1) is 19.5. The van der Waals surface area contributed by atoms with Gasteiger partial charge >= 0.3 is 11.9 Å². The zero-order chi connectivity index (χ0) is 19.9. The molecule has 27 heavy (non-hydrogen) atoms. The molecule has 10 heteroatoms. The summed E-state index contributed by atoms with van der Waals surface area (Å²) in [6.07, 6.45) is -4.85. The van der Waals surface area contributed by atoms with Gasteiger partial charge in [0, 0.05) is 10.6 Å². The van der Waals surface area contributed by atoms with Crippen LogP contribution in [0.1, 0.15) is 5.69 Å². The van der Waals surface area contributed by atoms with Gasteiger partial charge in [0.25, 0.3) is 0 Å². The fourth-order valence-electron chi connectivity index (χ4n) is 2.64. The van der Waals surface area contributed by atoms with Crippen molar-refractivity contribution < 1.29 is 18.1 Å². The van der Waals surface area contributed by atoms with E-state index in [1.165, 1.54) is 42.5 Å². The Kier molecular flexibility index (Phi) is 5.12. The van der Waals surface area contributed by atoms with E-state index in [1.54, 1.807) is 0 Å². The molecule has 2 aromatic carbocycles. The van der Waals surface area contributed by atoms with Gasteiger partial charge in [-0.1, -0.05) is 53.0 Å². The molecule has 0 fully saturated rings. The van der Waals surface area contributed by atoms with Gasteiger partial charge in [-0.25, -0.2) is 0 Å². The van der Waals surface area contributed by atoms with Crippen molar-refractivity contribution in [2.75, 3.05) is 0 Å². The number of aromatic amines is 1. The lowest BCUT2D eigenvalue weighted by Gasteiger charge is -2.07. The molecule has 4 nitrogen and oxygen atoms in total. The molecule has 0 radical (unpaired) electrons. The van der Waals surface area contributed by atoms with Crippen LogP contribution in [0.5, 0.6) is 0 Å². The number of aromatic nitrogens is 1. The van der Waals surface area contributed by atoms with E-state index in [0.29, 0.717) is 0 Å². The first-order chi connectivity index (χ1) is 12.6. The summed E-state index contributed by atoms with van der Waals surface area (Å²) in [5, 5.41) is 12.2. The van der Waals surface area contributed by atoms with Crippen LogP contribution in [0, 0.1) is 10.1 Å². The van der Waals surface area contributed by atoms with Crippen LogP contribution in [-0.2, 0) is 6.18 Å². The molecule has 0 amide bonds. The van der Waals surface area contributed by atoms with Crippen LogP contribution < -0.4 is 0 Å². The largest absolute Gasteiger partial charge is 0.432 e. The van der Waals surface area contributed by atoms with E-state index in [4.69, 9.17) is 34.8 Å². The van der Waals surface area contributed by atoms with Gasteiger partial charge in [-0.3, -0.25) is 10.1 Å². The molecule has 140 valence electrons. The van der Waals surface area contributed by atoms with Crippen molar-refractivity contribution in [1.82, 2.24) is 4.98 Å². The van der Waals surface area contributed by atoms with Crippen LogP contribution in [0.25, 0.3) is 22.4 Å². The Labute approximate surface area is 165 Å². The van der Waals surface area contributed by atoms with Crippen molar-refractivity contribution in [1.29, 1.82) is 0 Å². The molecular weight excluding hydrogens is 428 g/mol. The van der Waals surface area contributed by atoms with Crippen LogP contribution in [0.4, 0.5) is 18.9 Å². The Balaban J connectivity index is 2.37. The molecule has 1 heterocycles. The minimum Gasteiger partial charge on any atom is -0.345 e. The Morgan fingerprint density at radius 1 is 0.926 bits per heavy atom. The van der Waals surface area contributed by atoms with E-state index in [-0.39, 0.29) is 31.9 Å². The van der Waals surface area contributed by atoms with Crippen molar-refractivity contribution in [2.45, 2.75) is 6.18 Å². The summed E-state index contributed by atoms with van der Waals surface area (Å²) in [7, 11) is 0. The summed E-state index contributed by atoms with van der Waals surface area (Å²) in [5.74, 6) is 0. The average Bonchev–Trinajstić information content (AvgIpc) is 2.99. The number of alkyl halides is 3. The summed E-state index contributed by atoms with van der Waals surface area (Å²) in [6.45, 7) is 0. The molecule has 0 spiro atoms. The van der Waals surface area contributed by atoms with Gasteiger partial charge in [-0.05, 0) is 29.8 Å². The van der Waals surface area contributed by atoms with Gasteiger partial charge in [0.05, 0.1) is 20.5 Å². The summed E-state index contributed by atoms with van der Waals surface area (Å²) in [6, 6.07) is 9.23. The molecular formula is C17H8Cl3F3N2O2. The number of rotatable bonds is 3. The highest BCUT2D eigenvalue weighted by Crippen LogP contribution is 2.47. The van der Waals surface area contributed by atoms with Crippen molar-refractivity contribution >= 4 is 40.5 Å². The van der Waals surface area contributed by atoms with Gasteiger partial charge < -0.3 is 4.98 Å². The highest BCUT2D eigenvalue weighted by molar-refractivity contribution is 6.42. The summed E-state index contributed by atoms with van der Waals surface area (Å²) < 4.78 is 40.8. The number of H-pyrrole nitrogens is 1. The average molecular weight is 436 g/mol. The minimum atomic E-state index is -4.85. The molecule has 0 saturated carbocycles. The van der Waals surface area contributed by atoms with E-state index >= 15 is 0 Å². The minimum absolute atomic E-state index is 0.000912. The Morgan fingerprint density at radius 2 is 1.52 bits per heavy atom. The second-order valence-electron chi connectivity index (χ2n) is 5.49. The summed E-state index contributed by atoms with van der Waals surface area (Å²) >= 11 is 17.5. The standard InChI is InChI=1S/C17H8Cl3F3N2O2/c18-10-4-1-8(2-5-10)13-15(25(26)27)14(24-16(13)17(21,22)23)9-3-6-11(19)12(20)7-9/h1-7,24H. The maximum atomic E-state index is 13.6. The topological polar surface area (TPSA) is 58.9 Å². The van der Waals surface area contributed by atoms with Gasteiger partial charge in [0.2, 0.25) is 0 Å². The quantitative estimate of drug-likeness (QED) is 0.348. The monoisotopic (exact) mass is 434 g/mol. The number of nitrogens with zero attached hydrogens (tertiary/aromatic N) is 1. The summed E-state index contributed by atoms with van der Waals surface area (Å²) in [5.41, 5.74) is -2.76. The van der Waals surface area contributed by atoms with Crippen molar-refractivity contribution in [3.05, 3.63) is 73.3 Å². The fraction of sp³-hybridized carbons (Fsp3) is 0.0588. The van der Waals surface area contributed by atoms with Gasteiger partial charge in [-0.2, -0.15) is 13.2 Å². The lowest BCUT2D eigenvalue weighted by molar-refractivity contribution is -0.383. The molecule has 0 aliphatic carbocycles. The molecule has 0 saturated heterocycles. The third kappa shape index (κ3) is 3.76. The van der Waals surface area contributed by atoms with E-state index in [1.807, 2.05) is 0 Å². The molecule has 1 N–H and O–H groups in total. The first-order valence-corrected chi connectivity index (χ1v) is 8.42. The van der Waals surface area contributed by atoms with E-state index < -0.39 is 28.0 Å². The fourth-order valence-corrected chi connectivity index (χ4v) is 3.07. The lowest BCUT2D eigenvalue weighted by atomic mass is 10.0. The summed E-state index contributed by atoms with van der Waals surface area (Å²) in [4.78, 5) is 13.0. The van der Waals surface area contributed by atoms with Crippen LogP contribution >= 0.6 is 34.8 Å². The predicted octanol–water partition coefficient (Wildman–Crippen LogP) is 7.24. The number of nitro groups is 1. The van der Waals surface area contributed by atoms with Crippen LogP contribution in [0.2, 0.25) is 15.1 Å². The molecule has 0 aliphatic rings. The van der Waals surface area contributed by atoms with E-state index in [0.717, 1.165) is 0 Å². The maximum absolute atomic E-state index is 13.6. The lowest BCUT2D eigenvalue weighted by Crippen LogP contribution is -2.07. The van der Waals surface area contributed by atoms with Crippen molar-refractivity contribution in [3.63, 3.8) is 0 Å². The highest BCUT2D eigenvalue weighted by Gasteiger charge is 2.42. The second-order valence-corrected chi connectivity index (χ2v) is 6.74. The highest BCUT2D eigenvalue weighted by atomic mass is 35.5. The van der Waals surface area contributed by atoms with Crippen molar-refractivity contribution in [3.8, 4) is 22.4 Å². The molecule has 3 rings (SSSR count). The zero-order valence-corrected chi connectivity index (χ0v) is 15.3. The SMILES string of the molecule is O=[N+]([O-])c1c(-c2ccc(Cl)c(Cl)c2)[nH]c(C(F)(F)F)c1-c1ccc(Cl)cc1. The Hall–Kier alpha value is -2.22. The molecule has 1 aromatic heterocycles. The van der Waals surface area contributed by atoms with Crippen LogP contribution in [0.15, 0.2) is 42.5 Å². The van der Waals surface area contributed by atoms with Crippen molar-refractivity contribution in [2.24, 2.45) is 0 Å². The number of nitrogens with one attached hydrogen (secondary N) is 1. The third-order valence-electron chi connectivity index (χ3n) is 3.78. The number of hydrogen-bond donors (Lipinski definition) is 1. The predicted molar refractivity (Wildman–Crippen MR) is 98.4 cm³/mol. The van der Waals surface area contributed by atoms with E-state index in [2.05, 4.69) is 4.98 Å². The maximum Gasteiger partial charge on any atom is 0.432 e. The molecule has 0 bridgehead atoms. The second kappa shape index (κ2) is 7.07. The first-order valence-electron chi connectivity index (χ1n) is 7.28. The van der Waals surface area contributed by atoms with Gasteiger partial charge in [0.1, 0.15) is 11.4 Å². The smallest absolute Gasteiger partial charge is 0.345 e. The normalized spacial score (nSPS) is 11.6. The molecule has 3 aromatic rings. The number of hydrogen-bond acceptors (Lipinski definition) is 2. The van der Waals surface area contributed by atoms with E-state index in [9.17, 15) is 23.3 Å². The molecule has 0 unspecified atom stereocenters. The van der Waals surface area contributed by atoms with Crippen LogP contribution in [-0.4, -0.2) is 9.91 Å². The zero-order valence-electron chi connectivity index (χ0n) is 13.1.